The van der Waals surface area contributed by atoms with Crippen molar-refractivity contribution in [3.63, 3.8) is 0 Å². The molecule has 1 unspecified atom stereocenters. The van der Waals surface area contributed by atoms with Gasteiger partial charge in [-0.15, -0.1) is 0 Å². The van der Waals surface area contributed by atoms with Crippen LogP contribution in [0.25, 0.3) is 0 Å². The predicted molar refractivity (Wildman–Crippen MR) is 106 cm³/mol. The molecule has 1 amide bonds. The number of benzene rings is 1. The van der Waals surface area contributed by atoms with Crippen LogP contribution in [0.15, 0.2) is 53.6 Å². The normalized spacial score (nSPS) is 16.7. The highest BCUT2D eigenvalue weighted by Gasteiger charge is 2.38. The van der Waals surface area contributed by atoms with Crippen molar-refractivity contribution in [2.24, 2.45) is 0 Å². The van der Waals surface area contributed by atoms with E-state index < -0.39 is 23.1 Å². The van der Waals surface area contributed by atoms with Crippen LogP contribution in [0.4, 0.5) is 0 Å². The molecule has 2 aromatic heterocycles. The molecule has 0 aliphatic carbocycles. The molecule has 0 bridgehead atoms. The molecule has 146 valence electrons. The van der Waals surface area contributed by atoms with E-state index in [4.69, 9.17) is 0 Å². The molecule has 1 aromatic carbocycles. The van der Waals surface area contributed by atoms with Gasteiger partial charge in [0.2, 0.25) is 5.43 Å². The maximum Gasteiger partial charge on any atom is 0.275 e. The summed E-state index contributed by atoms with van der Waals surface area (Å²) in [6.07, 6.45) is 2.86. The molecule has 1 aliphatic heterocycles. The number of carbonyl (C=O) groups is 1. The van der Waals surface area contributed by atoms with Crippen LogP contribution in [-0.2, 0) is 0 Å². The van der Waals surface area contributed by atoms with E-state index in [0.29, 0.717) is 12.2 Å². The molecule has 0 saturated carbocycles. The van der Waals surface area contributed by atoms with Gasteiger partial charge in [-0.3, -0.25) is 14.3 Å². The third-order valence-corrected chi connectivity index (χ3v) is 4.96. The summed E-state index contributed by atoms with van der Waals surface area (Å²) in [6.45, 7) is 2.07. The van der Waals surface area contributed by atoms with Crippen molar-refractivity contribution in [1.29, 1.82) is 0 Å². The number of carbonyl (C=O) groups excluding carboxylic acids is 1. The maximum atomic E-state index is 12.6. The Balaban J connectivity index is 1.92. The number of fused-ring (bicyclic) bond motifs is 1. The Hall–Kier alpha value is -3.86. The molecule has 8 heteroatoms. The van der Waals surface area contributed by atoms with E-state index in [1.54, 1.807) is 18.7 Å². The van der Waals surface area contributed by atoms with Crippen molar-refractivity contribution in [3.05, 3.63) is 76.0 Å². The summed E-state index contributed by atoms with van der Waals surface area (Å²) >= 11 is 0. The number of hydrogen-bond acceptors (Lipinski definition) is 5. The Bertz CT molecular complexity index is 1190. The summed E-state index contributed by atoms with van der Waals surface area (Å²) in [5.74, 6) is 4.73. The predicted octanol–water partition coefficient (Wildman–Crippen LogP) is 1.43. The average molecular weight is 389 g/mol. The highest BCUT2D eigenvalue weighted by Crippen LogP contribution is 2.35. The fourth-order valence-electron chi connectivity index (χ4n) is 3.65. The Morgan fingerprint density at radius 2 is 1.97 bits per heavy atom. The summed E-state index contributed by atoms with van der Waals surface area (Å²) in [5, 5.41) is 19.1. The van der Waals surface area contributed by atoms with Gasteiger partial charge in [0, 0.05) is 19.8 Å². The lowest BCUT2D eigenvalue weighted by Crippen LogP contribution is -2.46. The first-order valence-corrected chi connectivity index (χ1v) is 9.10. The smallest absolute Gasteiger partial charge is 0.275 e. The third-order valence-electron chi connectivity index (χ3n) is 4.96. The van der Waals surface area contributed by atoms with Gasteiger partial charge in [0.1, 0.15) is 11.7 Å². The van der Waals surface area contributed by atoms with E-state index in [-0.39, 0.29) is 11.7 Å². The van der Waals surface area contributed by atoms with E-state index >= 15 is 0 Å². The van der Waals surface area contributed by atoms with E-state index in [1.165, 1.54) is 9.58 Å². The van der Waals surface area contributed by atoms with Crippen LogP contribution in [0.5, 0.6) is 5.75 Å². The molecule has 0 radical (unpaired) electrons. The molecule has 1 aliphatic rings. The van der Waals surface area contributed by atoms with Gasteiger partial charge in [0.25, 0.3) is 5.91 Å². The zero-order valence-corrected chi connectivity index (χ0v) is 16.0. The molecule has 0 fully saturated rings. The SMILES string of the molecule is CC#Cc1ccn([C@@H](c2ccccc2)C2CN(C)C(=O)c3c(O)c(=O)cnn32)n1. The minimum Gasteiger partial charge on any atom is -0.502 e. The number of hydrogen-bond donors (Lipinski definition) is 1. The summed E-state index contributed by atoms with van der Waals surface area (Å²) < 4.78 is 3.22. The minimum atomic E-state index is -0.686. The van der Waals surface area contributed by atoms with Crippen molar-refractivity contribution < 1.29 is 9.90 Å². The second kappa shape index (κ2) is 7.28. The summed E-state index contributed by atoms with van der Waals surface area (Å²) in [4.78, 5) is 26.0. The Morgan fingerprint density at radius 3 is 2.69 bits per heavy atom. The molecular weight excluding hydrogens is 370 g/mol. The summed E-state index contributed by atoms with van der Waals surface area (Å²) in [7, 11) is 1.63. The van der Waals surface area contributed by atoms with Crippen LogP contribution in [0.2, 0.25) is 0 Å². The zero-order chi connectivity index (χ0) is 20.5. The van der Waals surface area contributed by atoms with Gasteiger partial charge in [0.15, 0.2) is 11.4 Å². The lowest BCUT2D eigenvalue weighted by molar-refractivity contribution is 0.0667. The lowest BCUT2D eigenvalue weighted by Gasteiger charge is -2.37. The molecule has 3 heterocycles. The first-order valence-electron chi connectivity index (χ1n) is 9.10. The second-order valence-corrected chi connectivity index (χ2v) is 6.82. The lowest BCUT2D eigenvalue weighted by atomic mass is 9.97. The monoisotopic (exact) mass is 389 g/mol. The van der Waals surface area contributed by atoms with Crippen LogP contribution >= 0.6 is 0 Å². The van der Waals surface area contributed by atoms with Crippen LogP contribution in [-0.4, -0.2) is 49.1 Å². The molecule has 1 N–H and O–H groups in total. The largest absolute Gasteiger partial charge is 0.502 e. The van der Waals surface area contributed by atoms with Crippen molar-refractivity contribution in [3.8, 4) is 17.6 Å². The Labute approximate surface area is 167 Å². The molecule has 0 spiro atoms. The van der Waals surface area contributed by atoms with Crippen LogP contribution in [0, 0.1) is 11.8 Å². The van der Waals surface area contributed by atoms with Crippen molar-refractivity contribution in [2.75, 3.05) is 13.6 Å². The van der Waals surface area contributed by atoms with Crippen molar-refractivity contribution >= 4 is 5.91 Å². The molecule has 0 saturated heterocycles. The molecule has 3 aromatic rings. The number of aromatic nitrogens is 4. The number of rotatable bonds is 3. The quantitative estimate of drug-likeness (QED) is 0.684. The molecule has 2 atom stereocenters. The molecule has 29 heavy (non-hydrogen) atoms. The number of nitrogens with zero attached hydrogens (tertiary/aromatic N) is 5. The first-order chi connectivity index (χ1) is 14.0. The van der Waals surface area contributed by atoms with Crippen LogP contribution in [0.1, 0.15) is 40.8 Å². The zero-order valence-electron chi connectivity index (χ0n) is 16.0. The maximum absolute atomic E-state index is 12.6. The van der Waals surface area contributed by atoms with E-state index in [9.17, 15) is 14.7 Å². The van der Waals surface area contributed by atoms with Crippen LogP contribution in [0.3, 0.4) is 0 Å². The fourth-order valence-corrected chi connectivity index (χ4v) is 3.65. The standard InChI is InChI=1S/C21H19N5O3/c1-3-7-15-10-11-25(23-15)18(14-8-5-4-6-9-14)16-13-24(2)21(29)19-20(28)17(27)12-22-26(16)19/h4-6,8-12,16,18,28H,13H2,1-2H3/t16?,18-/m0/s1. The first kappa shape index (κ1) is 18.5. The second-order valence-electron chi connectivity index (χ2n) is 6.82. The van der Waals surface area contributed by atoms with Crippen molar-refractivity contribution in [2.45, 2.75) is 19.0 Å². The topological polar surface area (TPSA) is 93.3 Å². The number of aromatic hydroxyl groups is 1. The van der Waals surface area contributed by atoms with E-state index in [2.05, 4.69) is 22.0 Å². The van der Waals surface area contributed by atoms with Gasteiger partial charge >= 0.3 is 0 Å². The highest BCUT2D eigenvalue weighted by atomic mass is 16.3. The van der Waals surface area contributed by atoms with Gasteiger partial charge in [-0.2, -0.15) is 10.2 Å². The number of amides is 1. The van der Waals surface area contributed by atoms with E-state index in [0.717, 1.165) is 11.8 Å². The third kappa shape index (κ3) is 3.17. The van der Waals surface area contributed by atoms with Gasteiger partial charge in [-0.05, 0) is 24.5 Å². The average Bonchev–Trinajstić information content (AvgIpc) is 3.17. The minimum absolute atomic E-state index is 0.113. The van der Waals surface area contributed by atoms with Crippen molar-refractivity contribution in [1.82, 2.24) is 24.5 Å². The van der Waals surface area contributed by atoms with Gasteiger partial charge in [-0.25, -0.2) is 4.68 Å². The molecule has 4 rings (SSSR count). The highest BCUT2D eigenvalue weighted by molar-refractivity contribution is 5.95. The van der Waals surface area contributed by atoms with Crippen LogP contribution < -0.4 is 5.43 Å². The van der Waals surface area contributed by atoms with E-state index in [1.807, 2.05) is 42.6 Å². The van der Waals surface area contributed by atoms with Gasteiger partial charge in [0.05, 0.1) is 12.2 Å². The van der Waals surface area contributed by atoms with Gasteiger partial charge in [-0.1, -0.05) is 36.3 Å². The Morgan fingerprint density at radius 1 is 1.21 bits per heavy atom. The van der Waals surface area contributed by atoms with Gasteiger partial charge < -0.3 is 10.0 Å². The summed E-state index contributed by atoms with van der Waals surface area (Å²) in [6, 6.07) is 10.8. The Kier molecular flexibility index (Phi) is 4.64. The molecule has 8 nitrogen and oxygen atoms in total. The molecular formula is C21H19N5O3. The number of likely N-dealkylation sites (N-methyl/N-ethyl adjacent to an activating group) is 1. The fraction of sp³-hybridized carbons (Fsp3) is 0.238. The summed E-state index contributed by atoms with van der Waals surface area (Å²) in [5.41, 5.74) is 0.780.